The van der Waals surface area contributed by atoms with Gasteiger partial charge in [0.2, 0.25) is 0 Å². The molecule has 1 amide bonds. The van der Waals surface area contributed by atoms with Crippen LogP contribution in [0, 0.1) is 0 Å². The fourth-order valence-electron chi connectivity index (χ4n) is 3.03. The third-order valence-electron chi connectivity index (χ3n) is 4.38. The molecule has 2 N–H and O–H groups in total. The molecule has 0 saturated heterocycles. The summed E-state index contributed by atoms with van der Waals surface area (Å²) in [6.07, 6.45) is 6.59. The number of hydrogen-bond acceptors (Lipinski definition) is 4. The minimum absolute atomic E-state index is 0.120. The van der Waals surface area contributed by atoms with Gasteiger partial charge in [-0.1, -0.05) is 43.2 Å². The van der Waals surface area contributed by atoms with E-state index in [1.807, 2.05) is 12.1 Å². The number of nitrogens with one attached hydrogen (secondary N) is 2. The van der Waals surface area contributed by atoms with Gasteiger partial charge in [0, 0.05) is 12.6 Å². The zero-order valence-corrected chi connectivity index (χ0v) is 13.9. The molecular formula is C19H24N4O. The van der Waals surface area contributed by atoms with Crippen molar-refractivity contribution in [3.63, 3.8) is 0 Å². The SMILES string of the molecule is O=C(NC1CCCC1)c1ccc(NCCCc2ccccc2)nn1. The minimum atomic E-state index is -0.120. The van der Waals surface area contributed by atoms with E-state index in [4.69, 9.17) is 0 Å². The Labute approximate surface area is 142 Å². The van der Waals surface area contributed by atoms with Gasteiger partial charge < -0.3 is 10.6 Å². The lowest BCUT2D eigenvalue weighted by atomic mass is 10.1. The third kappa shape index (κ3) is 4.78. The van der Waals surface area contributed by atoms with Crippen LogP contribution in [0.25, 0.3) is 0 Å². The smallest absolute Gasteiger partial charge is 0.272 e. The highest BCUT2D eigenvalue weighted by Crippen LogP contribution is 2.18. The van der Waals surface area contributed by atoms with Gasteiger partial charge in [-0.15, -0.1) is 10.2 Å². The number of aryl methyl sites for hydroxylation is 1. The number of benzene rings is 1. The standard InChI is InChI=1S/C19H24N4O/c24-19(21-16-10-4-5-11-16)17-12-13-18(23-22-17)20-14-6-9-15-7-2-1-3-8-15/h1-3,7-8,12-13,16H,4-6,9-11,14H2,(H,20,23)(H,21,24). The fraction of sp³-hybridized carbons (Fsp3) is 0.421. The number of carbonyl (C=O) groups excluding carboxylic acids is 1. The maximum absolute atomic E-state index is 12.1. The van der Waals surface area contributed by atoms with Crippen LogP contribution in [0.15, 0.2) is 42.5 Å². The molecule has 0 spiro atoms. The second-order valence-corrected chi connectivity index (χ2v) is 6.27. The molecule has 0 radical (unpaired) electrons. The average Bonchev–Trinajstić information content (AvgIpc) is 3.13. The molecule has 5 nitrogen and oxygen atoms in total. The molecule has 1 fully saturated rings. The summed E-state index contributed by atoms with van der Waals surface area (Å²) < 4.78 is 0. The van der Waals surface area contributed by atoms with E-state index in [2.05, 4.69) is 45.1 Å². The van der Waals surface area contributed by atoms with Gasteiger partial charge in [-0.2, -0.15) is 0 Å². The number of anilines is 1. The van der Waals surface area contributed by atoms with Crippen molar-refractivity contribution in [3.05, 3.63) is 53.7 Å². The second kappa shape index (κ2) is 8.43. The number of amides is 1. The Morgan fingerprint density at radius 3 is 2.54 bits per heavy atom. The van der Waals surface area contributed by atoms with Crippen molar-refractivity contribution in [2.75, 3.05) is 11.9 Å². The van der Waals surface area contributed by atoms with Crippen LogP contribution in [0.2, 0.25) is 0 Å². The lowest BCUT2D eigenvalue weighted by molar-refractivity contribution is 0.0932. The predicted molar refractivity (Wildman–Crippen MR) is 95.0 cm³/mol. The average molecular weight is 324 g/mol. The summed E-state index contributed by atoms with van der Waals surface area (Å²) in [7, 11) is 0. The van der Waals surface area contributed by atoms with Crippen LogP contribution in [-0.4, -0.2) is 28.7 Å². The zero-order chi connectivity index (χ0) is 16.6. The molecule has 1 aliphatic carbocycles. The Hall–Kier alpha value is -2.43. The first kappa shape index (κ1) is 16.4. The highest BCUT2D eigenvalue weighted by molar-refractivity contribution is 5.92. The summed E-state index contributed by atoms with van der Waals surface area (Å²) >= 11 is 0. The Bertz CT molecular complexity index is 636. The molecule has 3 rings (SSSR count). The predicted octanol–water partition coefficient (Wildman–Crippen LogP) is 3.19. The topological polar surface area (TPSA) is 66.9 Å². The van der Waals surface area contributed by atoms with E-state index < -0.39 is 0 Å². The maximum Gasteiger partial charge on any atom is 0.272 e. The van der Waals surface area contributed by atoms with Gasteiger partial charge in [0.1, 0.15) is 5.82 Å². The Morgan fingerprint density at radius 1 is 1.04 bits per heavy atom. The van der Waals surface area contributed by atoms with Gasteiger partial charge in [-0.3, -0.25) is 4.79 Å². The van der Waals surface area contributed by atoms with Crippen LogP contribution in [0.4, 0.5) is 5.82 Å². The van der Waals surface area contributed by atoms with Crippen LogP contribution in [0.1, 0.15) is 48.2 Å². The number of hydrogen-bond donors (Lipinski definition) is 2. The van der Waals surface area contributed by atoms with E-state index in [1.165, 1.54) is 18.4 Å². The van der Waals surface area contributed by atoms with E-state index >= 15 is 0 Å². The molecule has 1 aromatic heterocycles. The fourth-order valence-corrected chi connectivity index (χ4v) is 3.03. The molecule has 0 bridgehead atoms. The second-order valence-electron chi connectivity index (χ2n) is 6.27. The maximum atomic E-state index is 12.1. The quantitative estimate of drug-likeness (QED) is 0.768. The van der Waals surface area contributed by atoms with Crippen molar-refractivity contribution < 1.29 is 4.79 Å². The van der Waals surface area contributed by atoms with E-state index in [-0.39, 0.29) is 5.91 Å². The molecule has 1 saturated carbocycles. The number of rotatable bonds is 7. The monoisotopic (exact) mass is 324 g/mol. The first-order valence-electron chi connectivity index (χ1n) is 8.73. The minimum Gasteiger partial charge on any atom is -0.369 e. The van der Waals surface area contributed by atoms with Gasteiger partial charge in [0.05, 0.1) is 0 Å². The van der Waals surface area contributed by atoms with Crippen molar-refractivity contribution >= 4 is 11.7 Å². The molecule has 126 valence electrons. The molecule has 1 aliphatic rings. The summed E-state index contributed by atoms with van der Waals surface area (Å²) in [5.74, 6) is 0.588. The van der Waals surface area contributed by atoms with Crippen LogP contribution in [0.5, 0.6) is 0 Å². The largest absolute Gasteiger partial charge is 0.369 e. The molecule has 0 aliphatic heterocycles. The first-order valence-corrected chi connectivity index (χ1v) is 8.73. The summed E-state index contributed by atoms with van der Waals surface area (Å²) in [4.78, 5) is 12.1. The van der Waals surface area contributed by atoms with Gasteiger partial charge in [-0.05, 0) is 43.4 Å². The first-order chi connectivity index (χ1) is 11.8. The van der Waals surface area contributed by atoms with Crippen molar-refractivity contribution in [3.8, 4) is 0 Å². The molecule has 1 heterocycles. The van der Waals surface area contributed by atoms with Crippen molar-refractivity contribution in [2.45, 2.75) is 44.6 Å². The van der Waals surface area contributed by atoms with E-state index in [0.717, 1.165) is 32.2 Å². The Morgan fingerprint density at radius 2 is 1.83 bits per heavy atom. The van der Waals surface area contributed by atoms with Gasteiger partial charge in [-0.25, -0.2) is 0 Å². The molecular weight excluding hydrogens is 300 g/mol. The van der Waals surface area contributed by atoms with Crippen LogP contribution >= 0.6 is 0 Å². The number of aromatic nitrogens is 2. The summed E-state index contributed by atoms with van der Waals surface area (Å²) in [5.41, 5.74) is 1.72. The normalized spacial score (nSPS) is 14.5. The van der Waals surface area contributed by atoms with Crippen molar-refractivity contribution in [1.29, 1.82) is 0 Å². The highest BCUT2D eigenvalue weighted by atomic mass is 16.2. The van der Waals surface area contributed by atoms with Crippen molar-refractivity contribution in [2.24, 2.45) is 0 Å². The van der Waals surface area contributed by atoms with Gasteiger partial charge >= 0.3 is 0 Å². The molecule has 24 heavy (non-hydrogen) atoms. The van der Waals surface area contributed by atoms with Crippen LogP contribution < -0.4 is 10.6 Å². The number of nitrogens with zero attached hydrogens (tertiary/aromatic N) is 2. The zero-order valence-electron chi connectivity index (χ0n) is 13.9. The third-order valence-corrected chi connectivity index (χ3v) is 4.38. The van der Waals surface area contributed by atoms with E-state index in [9.17, 15) is 4.79 Å². The van der Waals surface area contributed by atoms with E-state index in [0.29, 0.717) is 17.6 Å². The lowest BCUT2D eigenvalue weighted by Gasteiger charge is -2.11. The van der Waals surface area contributed by atoms with Crippen molar-refractivity contribution in [1.82, 2.24) is 15.5 Å². The lowest BCUT2D eigenvalue weighted by Crippen LogP contribution is -2.33. The molecule has 0 unspecified atom stereocenters. The van der Waals surface area contributed by atoms with Crippen LogP contribution in [0.3, 0.4) is 0 Å². The molecule has 5 heteroatoms. The Kier molecular flexibility index (Phi) is 5.77. The summed E-state index contributed by atoms with van der Waals surface area (Å²) in [5, 5.41) is 14.4. The van der Waals surface area contributed by atoms with Crippen LogP contribution in [-0.2, 0) is 6.42 Å². The van der Waals surface area contributed by atoms with Gasteiger partial charge in [0.25, 0.3) is 5.91 Å². The molecule has 0 atom stereocenters. The highest BCUT2D eigenvalue weighted by Gasteiger charge is 2.18. The number of carbonyl (C=O) groups is 1. The Balaban J connectivity index is 1.41. The summed E-state index contributed by atoms with van der Waals surface area (Å²) in [6, 6.07) is 14.3. The molecule has 2 aromatic rings. The van der Waals surface area contributed by atoms with E-state index in [1.54, 1.807) is 6.07 Å². The van der Waals surface area contributed by atoms with Gasteiger partial charge in [0.15, 0.2) is 5.69 Å². The summed E-state index contributed by atoms with van der Waals surface area (Å²) in [6.45, 7) is 0.831. The molecule has 1 aromatic carbocycles.